The second kappa shape index (κ2) is 9.80. The minimum absolute atomic E-state index is 0.00244. The minimum atomic E-state index is 0.00244. The van der Waals surface area contributed by atoms with E-state index in [9.17, 15) is 4.79 Å². The minimum Gasteiger partial charge on any atom is -0.345 e. The molecule has 0 aliphatic heterocycles. The van der Waals surface area contributed by atoms with Gasteiger partial charge in [-0.15, -0.1) is 0 Å². The van der Waals surface area contributed by atoms with Crippen LogP contribution in [0.15, 0.2) is 84.9 Å². The third-order valence-electron chi connectivity index (χ3n) is 6.36. The van der Waals surface area contributed by atoms with Crippen molar-refractivity contribution in [2.45, 2.75) is 25.3 Å². The van der Waals surface area contributed by atoms with Gasteiger partial charge in [0.2, 0.25) is 0 Å². The van der Waals surface area contributed by atoms with Crippen molar-refractivity contribution in [1.82, 2.24) is 10.3 Å². The Bertz CT molecular complexity index is 1250. The van der Waals surface area contributed by atoms with Crippen molar-refractivity contribution in [2.75, 3.05) is 12.0 Å². The Balaban J connectivity index is 1.64. The van der Waals surface area contributed by atoms with Crippen LogP contribution >= 0.6 is 11.8 Å². The number of rotatable bonds is 8. The first-order chi connectivity index (χ1) is 16.3. The lowest BCUT2D eigenvalue weighted by Gasteiger charge is -2.22. The van der Waals surface area contributed by atoms with Crippen molar-refractivity contribution in [3.8, 4) is 11.3 Å². The van der Waals surface area contributed by atoms with E-state index in [0.717, 1.165) is 58.3 Å². The second-order valence-electron chi connectivity index (χ2n) is 8.64. The van der Waals surface area contributed by atoms with E-state index in [-0.39, 0.29) is 11.9 Å². The van der Waals surface area contributed by atoms with Gasteiger partial charge in [0, 0.05) is 10.9 Å². The summed E-state index contributed by atoms with van der Waals surface area (Å²) < 4.78 is 0. The highest BCUT2D eigenvalue weighted by molar-refractivity contribution is 7.98. The fourth-order valence-electron chi connectivity index (χ4n) is 4.57. The third kappa shape index (κ3) is 4.67. The number of pyridine rings is 1. The average Bonchev–Trinajstić information content (AvgIpc) is 3.71. The van der Waals surface area contributed by atoms with Gasteiger partial charge in [0.1, 0.15) is 0 Å². The van der Waals surface area contributed by atoms with Crippen molar-refractivity contribution in [3.63, 3.8) is 0 Å². The van der Waals surface area contributed by atoms with Gasteiger partial charge in [-0.2, -0.15) is 11.8 Å². The lowest BCUT2D eigenvalue weighted by molar-refractivity contribution is 0.0932. The van der Waals surface area contributed by atoms with Gasteiger partial charge in [-0.3, -0.25) is 4.79 Å². The lowest BCUT2D eigenvalue weighted by atomic mass is 9.93. The molecule has 0 saturated heterocycles. The van der Waals surface area contributed by atoms with E-state index in [0.29, 0.717) is 5.92 Å². The highest BCUT2D eigenvalue weighted by atomic mass is 32.2. The summed E-state index contributed by atoms with van der Waals surface area (Å²) in [4.78, 5) is 19.0. The van der Waals surface area contributed by atoms with Crippen LogP contribution in [0, 0.1) is 5.92 Å². The SMILES string of the molecule is CSCCc1c(-c2ccccc2)nc2ccccc2c1C(=O)NC(c1ccccc1)C1CC1. The van der Waals surface area contributed by atoms with E-state index >= 15 is 0 Å². The van der Waals surface area contributed by atoms with Crippen molar-refractivity contribution in [3.05, 3.63) is 102 Å². The van der Waals surface area contributed by atoms with Crippen molar-refractivity contribution >= 4 is 28.6 Å². The van der Waals surface area contributed by atoms with Gasteiger partial charge in [0.25, 0.3) is 5.91 Å². The zero-order valence-electron chi connectivity index (χ0n) is 18.8. The molecule has 1 heterocycles. The number of hydrogen-bond donors (Lipinski definition) is 1. The molecule has 0 bridgehead atoms. The maximum Gasteiger partial charge on any atom is 0.252 e. The summed E-state index contributed by atoms with van der Waals surface area (Å²) in [5.41, 5.74) is 5.81. The molecule has 5 rings (SSSR count). The fraction of sp³-hybridized carbons (Fsp3) is 0.241. The molecule has 1 atom stereocenters. The summed E-state index contributed by atoms with van der Waals surface area (Å²) in [6.07, 6.45) is 5.22. The fourth-order valence-corrected chi connectivity index (χ4v) is 4.98. The number of nitrogens with zero attached hydrogens (tertiary/aromatic N) is 1. The zero-order valence-corrected chi connectivity index (χ0v) is 19.6. The number of benzene rings is 3. The molecule has 166 valence electrons. The van der Waals surface area contributed by atoms with Gasteiger partial charge in [0.05, 0.1) is 22.8 Å². The Morgan fingerprint density at radius 3 is 2.33 bits per heavy atom. The van der Waals surface area contributed by atoms with Gasteiger partial charge in [-0.25, -0.2) is 4.98 Å². The summed E-state index contributed by atoms with van der Waals surface area (Å²) in [5, 5.41) is 4.35. The van der Waals surface area contributed by atoms with E-state index in [2.05, 4.69) is 48.0 Å². The highest BCUT2D eigenvalue weighted by Gasteiger charge is 2.34. The van der Waals surface area contributed by atoms with Crippen LogP contribution in [0.2, 0.25) is 0 Å². The predicted octanol–water partition coefficient (Wildman–Crippen LogP) is 6.69. The molecule has 3 nitrogen and oxygen atoms in total. The van der Waals surface area contributed by atoms with Crippen LogP contribution < -0.4 is 5.32 Å². The van der Waals surface area contributed by atoms with Gasteiger partial charge >= 0.3 is 0 Å². The molecule has 4 heteroatoms. The molecule has 1 fully saturated rings. The van der Waals surface area contributed by atoms with E-state index < -0.39 is 0 Å². The van der Waals surface area contributed by atoms with Gasteiger partial charge < -0.3 is 5.32 Å². The van der Waals surface area contributed by atoms with Gasteiger partial charge in [0.15, 0.2) is 0 Å². The Labute approximate surface area is 199 Å². The number of aromatic nitrogens is 1. The average molecular weight is 453 g/mol. The van der Waals surface area contributed by atoms with E-state index in [1.807, 2.05) is 48.5 Å². The first-order valence-corrected chi connectivity index (χ1v) is 13.0. The van der Waals surface area contributed by atoms with Gasteiger partial charge in [-0.1, -0.05) is 78.9 Å². The molecular formula is C29H28N2OS. The molecule has 1 aliphatic carbocycles. The lowest BCUT2D eigenvalue weighted by Crippen LogP contribution is -2.31. The summed E-state index contributed by atoms with van der Waals surface area (Å²) in [5.74, 6) is 1.44. The Kier molecular flexibility index (Phi) is 6.45. The van der Waals surface area contributed by atoms with Crippen LogP contribution in [-0.2, 0) is 6.42 Å². The molecule has 1 aromatic heterocycles. The maximum atomic E-state index is 14.0. The molecule has 1 aliphatic rings. The molecule has 3 aromatic carbocycles. The number of thioether (sulfide) groups is 1. The largest absolute Gasteiger partial charge is 0.345 e. The Morgan fingerprint density at radius 2 is 1.64 bits per heavy atom. The van der Waals surface area contributed by atoms with Gasteiger partial charge in [-0.05, 0) is 54.4 Å². The van der Waals surface area contributed by atoms with E-state index in [1.165, 1.54) is 5.56 Å². The number of amides is 1. The van der Waals surface area contributed by atoms with Crippen LogP contribution in [0.4, 0.5) is 0 Å². The molecule has 1 saturated carbocycles. The first-order valence-electron chi connectivity index (χ1n) is 11.6. The molecule has 0 spiro atoms. The zero-order chi connectivity index (χ0) is 22.6. The molecule has 0 radical (unpaired) electrons. The summed E-state index contributed by atoms with van der Waals surface area (Å²) in [6, 6.07) is 28.7. The normalized spacial score (nSPS) is 14.2. The topological polar surface area (TPSA) is 42.0 Å². The maximum absolute atomic E-state index is 14.0. The molecule has 1 N–H and O–H groups in total. The molecular weight excluding hydrogens is 424 g/mol. The molecule has 4 aromatic rings. The standard InChI is InChI=1S/C29H28N2OS/c1-33-19-18-24-26(29(32)31-27(22-16-17-22)20-10-4-2-5-11-20)23-14-8-9-15-25(23)30-28(24)21-12-6-3-7-13-21/h2-15,22,27H,16-19H2,1H3,(H,31,32). The van der Waals surface area contributed by atoms with E-state index in [1.54, 1.807) is 11.8 Å². The molecule has 1 unspecified atom stereocenters. The Hall–Kier alpha value is -3.11. The van der Waals surface area contributed by atoms with Crippen LogP contribution in [0.5, 0.6) is 0 Å². The van der Waals surface area contributed by atoms with Crippen LogP contribution in [0.25, 0.3) is 22.2 Å². The first kappa shape index (κ1) is 21.7. The monoisotopic (exact) mass is 452 g/mol. The second-order valence-corrected chi connectivity index (χ2v) is 9.62. The predicted molar refractivity (Wildman–Crippen MR) is 139 cm³/mol. The summed E-state index contributed by atoms with van der Waals surface area (Å²) in [7, 11) is 0. The summed E-state index contributed by atoms with van der Waals surface area (Å²) >= 11 is 1.79. The highest BCUT2D eigenvalue weighted by Crippen LogP contribution is 2.41. The number of para-hydroxylation sites is 1. The number of hydrogen-bond acceptors (Lipinski definition) is 3. The summed E-state index contributed by atoms with van der Waals surface area (Å²) in [6.45, 7) is 0. The van der Waals surface area contributed by atoms with Crippen molar-refractivity contribution in [2.24, 2.45) is 5.92 Å². The van der Waals surface area contributed by atoms with Crippen LogP contribution in [0.1, 0.15) is 40.4 Å². The number of carbonyl (C=O) groups is 1. The van der Waals surface area contributed by atoms with Crippen LogP contribution in [0.3, 0.4) is 0 Å². The van der Waals surface area contributed by atoms with Crippen molar-refractivity contribution in [1.29, 1.82) is 0 Å². The molecule has 33 heavy (non-hydrogen) atoms. The quantitative estimate of drug-likeness (QED) is 0.324. The van der Waals surface area contributed by atoms with Crippen LogP contribution in [-0.4, -0.2) is 22.9 Å². The van der Waals surface area contributed by atoms with Crippen molar-refractivity contribution < 1.29 is 4.79 Å². The Morgan fingerprint density at radius 1 is 0.970 bits per heavy atom. The van der Waals surface area contributed by atoms with E-state index in [4.69, 9.17) is 4.98 Å². The number of nitrogens with one attached hydrogen (secondary N) is 1. The molecule has 1 amide bonds. The number of carbonyl (C=O) groups excluding carboxylic acids is 1. The number of fused-ring (bicyclic) bond motifs is 1. The third-order valence-corrected chi connectivity index (χ3v) is 6.97. The smallest absolute Gasteiger partial charge is 0.252 e.